The molecule has 0 saturated carbocycles. The lowest BCUT2D eigenvalue weighted by Gasteiger charge is -2.43. The predicted molar refractivity (Wildman–Crippen MR) is 111 cm³/mol. The Balaban J connectivity index is 1.89. The number of nitrogens with zero attached hydrogens (tertiary/aromatic N) is 4. The highest BCUT2D eigenvalue weighted by Crippen LogP contribution is 2.20. The summed E-state index contributed by atoms with van der Waals surface area (Å²) in [6, 6.07) is 0.640. The molecule has 2 fully saturated rings. The molecule has 0 unspecified atom stereocenters. The van der Waals surface area contributed by atoms with Gasteiger partial charge in [-0.1, -0.05) is 0 Å². The van der Waals surface area contributed by atoms with Crippen molar-refractivity contribution in [2.45, 2.75) is 71.6 Å². The summed E-state index contributed by atoms with van der Waals surface area (Å²) in [6.07, 6.45) is 1.99. The first-order chi connectivity index (χ1) is 12.9. The van der Waals surface area contributed by atoms with E-state index in [1.165, 1.54) is 12.8 Å². The van der Waals surface area contributed by atoms with Crippen molar-refractivity contribution in [1.29, 1.82) is 0 Å². The highest BCUT2D eigenvalue weighted by Gasteiger charge is 2.34. The van der Waals surface area contributed by atoms with Gasteiger partial charge in [-0.2, -0.15) is 0 Å². The molecule has 0 N–H and O–H groups in total. The fourth-order valence-electron chi connectivity index (χ4n) is 3.82. The molecule has 0 aromatic heterocycles. The summed E-state index contributed by atoms with van der Waals surface area (Å²) in [5.74, 6) is 0.00353. The normalized spacial score (nSPS) is 20.9. The van der Waals surface area contributed by atoms with E-state index in [2.05, 4.69) is 16.8 Å². The SMILES string of the molecule is CN1CCC(N2CCN(C(=O)CN(C(=O)OC(C)(C)C)C(C)(C)C)CC2)CC1. The maximum absolute atomic E-state index is 12.9. The second-order valence-corrected chi connectivity index (χ2v) is 10.2. The van der Waals surface area contributed by atoms with E-state index in [0.717, 1.165) is 39.3 Å². The summed E-state index contributed by atoms with van der Waals surface area (Å²) in [5.41, 5.74) is -1.06. The van der Waals surface area contributed by atoms with E-state index in [9.17, 15) is 9.59 Å². The van der Waals surface area contributed by atoms with Gasteiger partial charge in [0.05, 0.1) is 0 Å². The molecule has 0 aromatic carbocycles. The number of piperazine rings is 1. The fourth-order valence-corrected chi connectivity index (χ4v) is 3.82. The standard InChI is InChI=1S/C21H40N4O3/c1-20(2,3)25(19(27)28-21(4,5)6)16-18(26)24-14-12-23(13-15-24)17-8-10-22(7)11-9-17/h17H,8-16H2,1-7H3. The van der Waals surface area contributed by atoms with Crippen LogP contribution in [0.2, 0.25) is 0 Å². The van der Waals surface area contributed by atoms with E-state index < -0.39 is 17.2 Å². The Labute approximate surface area is 171 Å². The number of rotatable bonds is 3. The second-order valence-electron chi connectivity index (χ2n) is 10.2. The first-order valence-corrected chi connectivity index (χ1v) is 10.6. The van der Waals surface area contributed by atoms with Crippen LogP contribution in [0.5, 0.6) is 0 Å². The molecule has 0 aliphatic carbocycles. The maximum atomic E-state index is 12.9. The summed E-state index contributed by atoms with van der Waals surface area (Å²) in [7, 11) is 2.18. The van der Waals surface area contributed by atoms with Crippen LogP contribution >= 0.6 is 0 Å². The zero-order valence-electron chi connectivity index (χ0n) is 19.0. The molecule has 2 aliphatic heterocycles. The number of hydrogen-bond acceptors (Lipinski definition) is 5. The molecule has 0 radical (unpaired) electrons. The van der Waals surface area contributed by atoms with Crippen molar-refractivity contribution in [2.24, 2.45) is 0 Å². The molecule has 0 atom stereocenters. The number of likely N-dealkylation sites (tertiary alicyclic amines) is 1. The Morgan fingerprint density at radius 2 is 1.46 bits per heavy atom. The van der Waals surface area contributed by atoms with Crippen LogP contribution in [0.1, 0.15) is 54.4 Å². The second kappa shape index (κ2) is 8.99. The van der Waals surface area contributed by atoms with Crippen molar-refractivity contribution in [3.05, 3.63) is 0 Å². The molecular formula is C21H40N4O3. The molecule has 162 valence electrons. The van der Waals surface area contributed by atoms with Gasteiger partial charge in [0.25, 0.3) is 0 Å². The van der Waals surface area contributed by atoms with Crippen molar-refractivity contribution in [3.8, 4) is 0 Å². The first-order valence-electron chi connectivity index (χ1n) is 10.6. The van der Waals surface area contributed by atoms with E-state index in [0.29, 0.717) is 6.04 Å². The third-order valence-corrected chi connectivity index (χ3v) is 5.59. The van der Waals surface area contributed by atoms with Gasteiger partial charge in [-0.25, -0.2) is 4.79 Å². The van der Waals surface area contributed by atoms with E-state index in [1.54, 1.807) is 4.90 Å². The van der Waals surface area contributed by atoms with Crippen LogP contribution in [-0.4, -0.2) is 102 Å². The van der Waals surface area contributed by atoms with E-state index in [1.807, 2.05) is 46.4 Å². The minimum absolute atomic E-state index is 0.00353. The minimum Gasteiger partial charge on any atom is -0.444 e. The molecule has 28 heavy (non-hydrogen) atoms. The average molecular weight is 397 g/mol. The average Bonchev–Trinajstić information content (AvgIpc) is 2.57. The van der Waals surface area contributed by atoms with Crippen molar-refractivity contribution in [3.63, 3.8) is 0 Å². The summed E-state index contributed by atoms with van der Waals surface area (Å²) in [4.78, 5) is 33.9. The summed E-state index contributed by atoms with van der Waals surface area (Å²) >= 11 is 0. The number of ether oxygens (including phenoxy) is 1. The molecule has 2 amide bonds. The highest BCUT2D eigenvalue weighted by molar-refractivity contribution is 5.83. The fraction of sp³-hybridized carbons (Fsp3) is 0.905. The van der Waals surface area contributed by atoms with E-state index in [4.69, 9.17) is 4.74 Å². The van der Waals surface area contributed by atoms with Crippen LogP contribution in [0, 0.1) is 0 Å². The van der Waals surface area contributed by atoms with E-state index in [-0.39, 0.29) is 12.5 Å². The molecule has 2 saturated heterocycles. The van der Waals surface area contributed by atoms with Crippen molar-refractivity contribution >= 4 is 12.0 Å². The van der Waals surface area contributed by atoms with Crippen LogP contribution in [-0.2, 0) is 9.53 Å². The Hall–Kier alpha value is -1.34. The number of hydrogen-bond donors (Lipinski definition) is 0. The number of piperidine rings is 1. The van der Waals surface area contributed by atoms with Gasteiger partial charge in [-0.05, 0) is 74.5 Å². The summed E-state index contributed by atoms with van der Waals surface area (Å²) in [6.45, 7) is 17.0. The van der Waals surface area contributed by atoms with Gasteiger partial charge in [0, 0.05) is 37.8 Å². The maximum Gasteiger partial charge on any atom is 0.411 e. The van der Waals surface area contributed by atoms with Crippen LogP contribution < -0.4 is 0 Å². The topological polar surface area (TPSA) is 56.3 Å². The largest absolute Gasteiger partial charge is 0.444 e. The zero-order chi connectivity index (χ0) is 21.1. The lowest BCUT2D eigenvalue weighted by molar-refractivity contribution is -0.135. The minimum atomic E-state index is -0.580. The monoisotopic (exact) mass is 396 g/mol. The van der Waals surface area contributed by atoms with Crippen molar-refractivity contribution in [1.82, 2.24) is 19.6 Å². The molecule has 2 heterocycles. The Morgan fingerprint density at radius 3 is 1.93 bits per heavy atom. The van der Waals surface area contributed by atoms with Crippen LogP contribution in [0.4, 0.5) is 4.79 Å². The third-order valence-electron chi connectivity index (χ3n) is 5.59. The van der Waals surface area contributed by atoms with Gasteiger partial charge in [0.2, 0.25) is 5.91 Å². The van der Waals surface area contributed by atoms with Gasteiger partial charge in [0.1, 0.15) is 12.1 Å². The lowest BCUT2D eigenvalue weighted by Crippen LogP contribution is -2.57. The highest BCUT2D eigenvalue weighted by atomic mass is 16.6. The molecular weight excluding hydrogens is 356 g/mol. The van der Waals surface area contributed by atoms with Crippen LogP contribution in [0.15, 0.2) is 0 Å². The van der Waals surface area contributed by atoms with Gasteiger partial charge in [0.15, 0.2) is 0 Å². The number of carbonyl (C=O) groups is 2. The zero-order valence-corrected chi connectivity index (χ0v) is 19.0. The molecule has 0 spiro atoms. The molecule has 7 nitrogen and oxygen atoms in total. The van der Waals surface area contributed by atoms with Gasteiger partial charge >= 0.3 is 6.09 Å². The first kappa shape index (κ1) is 22.9. The van der Waals surface area contributed by atoms with Crippen LogP contribution in [0.25, 0.3) is 0 Å². The quantitative estimate of drug-likeness (QED) is 0.732. The summed E-state index contributed by atoms with van der Waals surface area (Å²) in [5, 5.41) is 0. The van der Waals surface area contributed by atoms with Gasteiger partial charge in [-0.3, -0.25) is 14.6 Å². The van der Waals surface area contributed by atoms with Gasteiger partial charge in [-0.15, -0.1) is 0 Å². The van der Waals surface area contributed by atoms with Gasteiger partial charge < -0.3 is 14.5 Å². The molecule has 2 rings (SSSR count). The number of amides is 2. The third kappa shape index (κ3) is 6.62. The predicted octanol–water partition coefficient (Wildman–Crippen LogP) is 2.26. The molecule has 2 aliphatic rings. The Morgan fingerprint density at radius 1 is 0.929 bits per heavy atom. The molecule has 0 aromatic rings. The van der Waals surface area contributed by atoms with Crippen molar-refractivity contribution in [2.75, 3.05) is 52.9 Å². The van der Waals surface area contributed by atoms with E-state index >= 15 is 0 Å². The Bertz CT molecular complexity index is 537. The van der Waals surface area contributed by atoms with Crippen LogP contribution in [0.3, 0.4) is 0 Å². The molecule has 7 heteroatoms. The summed E-state index contributed by atoms with van der Waals surface area (Å²) < 4.78 is 5.52. The lowest BCUT2D eigenvalue weighted by atomic mass is 10.0. The Kier molecular flexibility index (Phi) is 7.37. The van der Waals surface area contributed by atoms with Crippen molar-refractivity contribution < 1.29 is 14.3 Å². The smallest absolute Gasteiger partial charge is 0.411 e. The molecule has 0 bridgehead atoms. The number of carbonyl (C=O) groups excluding carboxylic acids is 2.